The van der Waals surface area contributed by atoms with E-state index in [1.807, 2.05) is 0 Å². The Morgan fingerprint density at radius 1 is 1.50 bits per heavy atom. The number of halogens is 1. The van der Waals surface area contributed by atoms with E-state index in [0.29, 0.717) is 6.04 Å². The van der Waals surface area contributed by atoms with Crippen LogP contribution in [0.2, 0.25) is 0 Å². The second-order valence-electron chi connectivity index (χ2n) is 4.03. The van der Waals surface area contributed by atoms with E-state index in [4.69, 9.17) is 4.74 Å². The molecule has 2 rings (SSSR count). The van der Waals surface area contributed by atoms with E-state index in [2.05, 4.69) is 18.7 Å². The molecule has 0 spiro atoms. The fourth-order valence-corrected chi connectivity index (χ4v) is 2.28. The van der Waals surface area contributed by atoms with Gasteiger partial charge >= 0.3 is 0 Å². The number of alkyl halides is 1. The van der Waals surface area contributed by atoms with Gasteiger partial charge in [0.2, 0.25) is 6.36 Å². The topological polar surface area (TPSA) is 12.5 Å². The van der Waals surface area contributed by atoms with Crippen molar-refractivity contribution in [3.8, 4) is 0 Å². The predicted octanol–water partition coefficient (Wildman–Crippen LogP) is 1.55. The first-order valence-corrected chi connectivity index (χ1v) is 4.74. The molecule has 0 saturated carbocycles. The van der Waals surface area contributed by atoms with Gasteiger partial charge in [0.25, 0.3) is 0 Å². The van der Waals surface area contributed by atoms with Crippen LogP contribution in [-0.2, 0) is 4.74 Å². The number of piperidine rings is 1. The van der Waals surface area contributed by atoms with Gasteiger partial charge in [-0.1, -0.05) is 0 Å². The Hall–Kier alpha value is -0.150. The lowest BCUT2D eigenvalue weighted by atomic mass is 10.0. The molecule has 0 amide bonds. The molecule has 2 bridgehead atoms. The molecule has 0 aromatic rings. The van der Waals surface area contributed by atoms with Gasteiger partial charge in [-0.15, -0.1) is 0 Å². The van der Waals surface area contributed by atoms with Gasteiger partial charge in [0, 0.05) is 12.6 Å². The third-order valence-electron chi connectivity index (χ3n) is 2.93. The minimum atomic E-state index is -1.04. The van der Waals surface area contributed by atoms with Crippen molar-refractivity contribution < 1.29 is 9.13 Å². The highest BCUT2D eigenvalue weighted by atomic mass is 19.1. The number of likely N-dealkylation sites (tertiary alicyclic amines) is 1. The monoisotopic (exact) mass is 173 g/mol. The lowest BCUT2D eigenvalue weighted by molar-refractivity contribution is -0.0438. The second-order valence-corrected chi connectivity index (χ2v) is 4.03. The van der Waals surface area contributed by atoms with Gasteiger partial charge in [0.05, 0.1) is 12.1 Å². The van der Waals surface area contributed by atoms with E-state index >= 15 is 0 Å². The molecule has 2 nitrogen and oxygen atoms in total. The quantitative estimate of drug-likeness (QED) is 0.596. The molecule has 3 unspecified atom stereocenters. The summed E-state index contributed by atoms with van der Waals surface area (Å²) in [5.41, 5.74) is 0. The SMILES string of the molecule is CC(C)N1CCC2CC1C(F)O2. The molecule has 12 heavy (non-hydrogen) atoms. The van der Waals surface area contributed by atoms with Gasteiger partial charge in [0.1, 0.15) is 0 Å². The van der Waals surface area contributed by atoms with Gasteiger partial charge < -0.3 is 4.74 Å². The van der Waals surface area contributed by atoms with Crippen molar-refractivity contribution in [2.75, 3.05) is 6.54 Å². The minimum absolute atomic E-state index is 0.0312. The molecule has 0 aromatic carbocycles. The molecule has 0 radical (unpaired) electrons. The van der Waals surface area contributed by atoms with Crippen LogP contribution in [0.25, 0.3) is 0 Å². The fraction of sp³-hybridized carbons (Fsp3) is 1.00. The average molecular weight is 173 g/mol. The summed E-state index contributed by atoms with van der Waals surface area (Å²) < 4.78 is 18.4. The summed E-state index contributed by atoms with van der Waals surface area (Å²) in [6, 6.07) is 0.472. The highest BCUT2D eigenvalue weighted by molar-refractivity contribution is 4.91. The summed E-state index contributed by atoms with van der Waals surface area (Å²) in [6.07, 6.45) is 1.04. The second kappa shape index (κ2) is 2.96. The first-order valence-electron chi connectivity index (χ1n) is 4.74. The van der Waals surface area contributed by atoms with Gasteiger partial charge in [-0.25, -0.2) is 4.39 Å². The molecule has 0 aromatic heterocycles. The van der Waals surface area contributed by atoms with Crippen LogP contribution in [-0.4, -0.2) is 36.0 Å². The maximum absolute atomic E-state index is 13.2. The Bertz CT molecular complexity index is 174. The normalized spacial score (nSPS) is 42.5. The molecule has 2 aliphatic rings. The van der Waals surface area contributed by atoms with E-state index in [1.165, 1.54) is 0 Å². The first kappa shape index (κ1) is 8.45. The highest BCUT2D eigenvalue weighted by Gasteiger charge is 2.43. The fourth-order valence-electron chi connectivity index (χ4n) is 2.28. The average Bonchev–Trinajstić information content (AvgIpc) is 2.28. The zero-order chi connectivity index (χ0) is 8.72. The molecule has 2 heterocycles. The molecule has 2 saturated heterocycles. The van der Waals surface area contributed by atoms with Crippen LogP contribution in [0.5, 0.6) is 0 Å². The zero-order valence-corrected chi connectivity index (χ0v) is 7.66. The Morgan fingerprint density at radius 3 is 2.92 bits per heavy atom. The Labute approximate surface area is 72.7 Å². The Kier molecular flexibility index (Phi) is 2.09. The summed E-state index contributed by atoms with van der Waals surface area (Å²) in [7, 11) is 0. The van der Waals surface area contributed by atoms with Gasteiger partial charge in [0.15, 0.2) is 0 Å². The molecule has 2 fully saturated rings. The standard InChI is InChI=1S/C9H16FNO/c1-6(2)11-4-3-7-5-8(11)9(10)12-7/h6-9H,3-5H2,1-2H3. The molecule has 2 aliphatic heterocycles. The number of fused-ring (bicyclic) bond motifs is 2. The van der Waals surface area contributed by atoms with Crippen LogP contribution in [0.3, 0.4) is 0 Å². The smallest absolute Gasteiger partial charge is 0.214 e. The number of nitrogens with zero attached hydrogens (tertiary/aromatic N) is 1. The van der Waals surface area contributed by atoms with Crippen molar-refractivity contribution in [3.05, 3.63) is 0 Å². The molecular weight excluding hydrogens is 157 g/mol. The van der Waals surface area contributed by atoms with Crippen molar-refractivity contribution >= 4 is 0 Å². The number of hydrogen-bond donors (Lipinski definition) is 0. The number of rotatable bonds is 1. The molecule has 0 N–H and O–H groups in total. The van der Waals surface area contributed by atoms with Crippen LogP contribution in [0.4, 0.5) is 4.39 Å². The van der Waals surface area contributed by atoms with Crippen LogP contribution in [0.1, 0.15) is 26.7 Å². The van der Waals surface area contributed by atoms with Crippen LogP contribution in [0.15, 0.2) is 0 Å². The van der Waals surface area contributed by atoms with Crippen molar-refractivity contribution in [2.45, 2.75) is 51.2 Å². The third-order valence-corrected chi connectivity index (χ3v) is 2.93. The molecule has 0 aliphatic carbocycles. The summed E-state index contributed by atoms with van der Waals surface area (Å²) in [4.78, 5) is 2.22. The van der Waals surface area contributed by atoms with Crippen molar-refractivity contribution in [3.63, 3.8) is 0 Å². The molecule has 3 atom stereocenters. The highest BCUT2D eigenvalue weighted by Crippen LogP contribution is 2.33. The maximum atomic E-state index is 13.2. The van der Waals surface area contributed by atoms with Gasteiger partial charge in [-0.2, -0.15) is 0 Å². The third kappa shape index (κ3) is 1.25. The minimum Gasteiger partial charge on any atom is -0.343 e. The first-order chi connectivity index (χ1) is 5.68. The molecule has 3 heteroatoms. The van der Waals surface area contributed by atoms with E-state index in [1.54, 1.807) is 0 Å². The number of ether oxygens (including phenoxy) is 1. The largest absolute Gasteiger partial charge is 0.343 e. The lowest BCUT2D eigenvalue weighted by Crippen LogP contribution is -2.46. The maximum Gasteiger partial charge on any atom is 0.214 e. The van der Waals surface area contributed by atoms with E-state index in [9.17, 15) is 4.39 Å². The van der Waals surface area contributed by atoms with Crippen LogP contribution >= 0.6 is 0 Å². The number of hydrogen-bond acceptors (Lipinski definition) is 2. The van der Waals surface area contributed by atoms with Crippen molar-refractivity contribution in [1.82, 2.24) is 4.90 Å². The summed E-state index contributed by atoms with van der Waals surface area (Å²) in [6.45, 7) is 5.23. The molecular formula is C9H16FNO. The molecule has 70 valence electrons. The zero-order valence-electron chi connectivity index (χ0n) is 7.66. The van der Waals surface area contributed by atoms with Crippen LogP contribution < -0.4 is 0 Å². The lowest BCUT2D eigenvalue weighted by Gasteiger charge is -2.34. The Balaban J connectivity index is 2.08. The van der Waals surface area contributed by atoms with Crippen molar-refractivity contribution in [2.24, 2.45) is 0 Å². The van der Waals surface area contributed by atoms with E-state index in [0.717, 1.165) is 19.4 Å². The summed E-state index contributed by atoms with van der Waals surface area (Å²) in [5.74, 6) is 0. The van der Waals surface area contributed by atoms with Crippen molar-refractivity contribution in [1.29, 1.82) is 0 Å². The van der Waals surface area contributed by atoms with Gasteiger partial charge in [-0.3, -0.25) is 4.90 Å². The Morgan fingerprint density at radius 2 is 2.25 bits per heavy atom. The summed E-state index contributed by atoms with van der Waals surface area (Å²) in [5, 5.41) is 0. The predicted molar refractivity (Wildman–Crippen MR) is 44.6 cm³/mol. The van der Waals surface area contributed by atoms with E-state index < -0.39 is 6.36 Å². The van der Waals surface area contributed by atoms with Gasteiger partial charge in [-0.05, 0) is 26.7 Å². The van der Waals surface area contributed by atoms with Crippen LogP contribution in [0, 0.1) is 0 Å². The summed E-state index contributed by atoms with van der Waals surface area (Å²) >= 11 is 0. The van der Waals surface area contributed by atoms with E-state index in [-0.39, 0.29) is 12.1 Å².